The zero-order valence-corrected chi connectivity index (χ0v) is 22.8. The fraction of sp³-hybridized carbons (Fsp3) is 0.464. The molecule has 1 aliphatic heterocycles. The SMILES string of the molecule is COC(=O)c1cnc(N2C[C@H]3C[C@H](OC/C(C(=N)c4c(Cl)cccc4Cl)=C(/OC)C4CC4)C[C@H]3C2)c(F)c1. The van der Waals surface area contributed by atoms with Gasteiger partial charge in [-0.1, -0.05) is 29.3 Å². The summed E-state index contributed by atoms with van der Waals surface area (Å²) in [7, 11) is 2.89. The van der Waals surface area contributed by atoms with Gasteiger partial charge in [0.2, 0.25) is 0 Å². The van der Waals surface area contributed by atoms with Gasteiger partial charge in [-0.2, -0.15) is 0 Å². The lowest BCUT2D eigenvalue weighted by Crippen LogP contribution is -2.26. The molecular formula is C28H30Cl2FN3O4. The Balaban J connectivity index is 1.25. The maximum Gasteiger partial charge on any atom is 0.339 e. The molecule has 202 valence electrons. The van der Waals surface area contributed by atoms with Crippen LogP contribution in [0.1, 0.15) is 41.6 Å². The summed E-state index contributed by atoms with van der Waals surface area (Å²) in [6, 6.07) is 6.39. The Morgan fingerprint density at radius 3 is 2.34 bits per heavy atom. The number of rotatable bonds is 9. The monoisotopic (exact) mass is 561 g/mol. The van der Waals surface area contributed by atoms with Gasteiger partial charge in [-0.15, -0.1) is 0 Å². The molecule has 3 atom stereocenters. The molecule has 0 bridgehead atoms. The molecule has 2 aromatic rings. The standard InChI is InChI=1S/C28H30Cl2FN3O4/c1-36-26(15-6-7-15)20(25(32)24-21(29)4-3-5-22(24)30)14-38-19-8-17-12-34(13-18(17)9-19)27-23(31)10-16(11-33-27)28(35)37-2/h3-5,10-11,15,17-19,32H,6-9,12-14H2,1-2H3/b26-20-,32-25?/t17-,18+,19+. The average Bonchev–Trinajstić information content (AvgIpc) is 3.55. The van der Waals surface area contributed by atoms with Crippen molar-refractivity contribution in [3.8, 4) is 0 Å². The smallest absolute Gasteiger partial charge is 0.339 e. The van der Waals surface area contributed by atoms with Gasteiger partial charge in [0.25, 0.3) is 0 Å². The van der Waals surface area contributed by atoms with E-state index in [9.17, 15) is 9.18 Å². The normalized spacial score (nSPS) is 23.2. The summed E-state index contributed by atoms with van der Waals surface area (Å²) < 4.78 is 31.5. The Hall–Kier alpha value is -2.68. The lowest BCUT2D eigenvalue weighted by molar-refractivity contribution is 0.0599. The quantitative estimate of drug-likeness (QED) is 0.232. The first kappa shape index (κ1) is 26.9. The number of allylic oxidation sites excluding steroid dienone is 1. The van der Waals surface area contributed by atoms with Crippen molar-refractivity contribution in [2.45, 2.75) is 31.8 Å². The summed E-state index contributed by atoms with van der Waals surface area (Å²) in [6.45, 7) is 1.58. The van der Waals surface area contributed by atoms with Crippen LogP contribution in [0.25, 0.3) is 0 Å². The molecule has 0 radical (unpaired) electrons. The van der Waals surface area contributed by atoms with Crippen LogP contribution >= 0.6 is 23.2 Å². The number of benzene rings is 1. The number of ether oxygens (including phenoxy) is 3. The molecule has 0 amide bonds. The summed E-state index contributed by atoms with van der Waals surface area (Å²) in [6.07, 6.45) is 5.08. The Morgan fingerprint density at radius 2 is 1.79 bits per heavy atom. The molecule has 3 fully saturated rings. The van der Waals surface area contributed by atoms with Gasteiger partial charge in [-0.05, 0) is 55.7 Å². The third-order valence-corrected chi connectivity index (χ3v) is 8.32. The topological polar surface area (TPSA) is 84.7 Å². The molecule has 10 heteroatoms. The van der Waals surface area contributed by atoms with Crippen LogP contribution in [-0.2, 0) is 14.2 Å². The van der Waals surface area contributed by atoms with Crippen LogP contribution in [0.5, 0.6) is 0 Å². The first-order chi connectivity index (χ1) is 18.3. The number of pyridine rings is 1. The van der Waals surface area contributed by atoms with Gasteiger partial charge in [-0.3, -0.25) is 5.41 Å². The molecule has 1 aromatic heterocycles. The first-order valence-corrected chi connectivity index (χ1v) is 13.5. The molecule has 1 N–H and O–H groups in total. The molecule has 2 aliphatic carbocycles. The third-order valence-electron chi connectivity index (χ3n) is 7.69. The summed E-state index contributed by atoms with van der Waals surface area (Å²) in [5.41, 5.74) is 1.48. The van der Waals surface area contributed by atoms with E-state index in [-0.39, 0.29) is 35.7 Å². The molecule has 5 rings (SSSR count). The summed E-state index contributed by atoms with van der Waals surface area (Å²) >= 11 is 12.8. The zero-order chi connectivity index (χ0) is 27.0. The molecule has 2 saturated carbocycles. The van der Waals surface area contributed by atoms with Crippen molar-refractivity contribution in [3.63, 3.8) is 0 Å². The van der Waals surface area contributed by atoms with E-state index in [4.69, 9.17) is 38.1 Å². The number of halogens is 3. The van der Waals surface area contributed by atoms with Crippen molar-refractivity contribution >= 4 is 40.7 Å². The molecule has 1 aromatic carbocycles. The predicted molar refractivity (Wildman–Crippen MR) is 144 cm³/mol. The van der Waals surface area contributed by atoms with Crippen molar-refractivity contribution in [3.05, 3.63) is 68.8 Å². The number of hydrogen-bond donors (Lipinski definition) is 1. The number of aromatic nitrogens is 1. The highest BCUT2D eigenvalue weighted by atomic mass is 35.5. The number of anilines is 1. The van der Waals surface area contributed by atoms with Crippen molar-refractivity contribution in [1.29, 1.82) is 5.41 Å². The highest BCUT2D eigenvalue weighted by molar-refractivity contribution is 6.41. The second-order valence-electron chi connectivity index (χ2n) is 10.1. The van der Waals surface area contributed by atoms with Gasteiger partial charge in [-0.25, -0.2) is 14.2 Å². The number of hydrogen-bond acceptors (Lipinski definition) is 7. The van der Waals surface area contributed by atoms with Gasteiger partial charge >= 0.3 is 5.97 Å². The lowest BCUT2D eigenvalue weighted by atomic mass is 10.00. The van der Waals surface area contributed by atoms with E-state index in [1.807, 2.05) is 4.90 Å². The maximum absolute atomic E-state index is 14.7. The highest BCUT2D eigenvalue weighted by Gasteiger charge is 2.43. The maximum atomic E-state index is 14.7. The van der Waals surface area contributed by atoms with E-state index >= 15 is 0 Å². The van der Waals surface area contributed by atoms with Crippen LogP contribution in [0.3, 0.4) is 0 Å². The number of esters is 1. The Kier molecular flexibility index (Phi) is 7.93. The van der Waals surface area contributed by atoms with Crippen LogP contribution in [0.2, 0.25) is 10.0 Å². The summed E-state index contributed by atoms with van der Waals surface area (Å²) in [4.78, 5) is 17.8. The molecule has 2 heterocycles. The molecular weight excluding hydrogens is 532 g/mol. The van der Waals surface area contributed by atoms with E-state index in [0.717, 1.165) is 31.4 Å². The van der Waals surface area contributed by atoms with Gasteiger partial charge in [0.1, 0.15) is 5.76 Å². The van der Waals surface area contributed by atoms with Crippen LogP contribution < -0.4 is 4.90 Å². The second kappa shape index (κ2) is 11.2. The average molecular weight is 562 g/mol. The van der Waals surface area contributed by atoms with Crippen LogP contribution in [0.4, 0.5) is 10.2 Å². The molecule has 1 saturated heterocycles. The molecule has 3 aliphatic rings. The lowest BCUT2D eigenvalue weighted by Gasteiger charge is -2.22. The van der Waals surface area contributed by atoms with Crippen molar-refractivity contribution in [1.82, 2.24) is 4.98 Å². The Labute approximate surface area is 231 Å². The molecule has 0 unspecified atom stereocenters. The van der Waals surface area contributed by atoms with Crippen molar-refractivity contribution in [2.75, 3.05) is 38.8 Å². The van der Waals surface area contributed by atoms with Gasteiger partial charge in [0.05, 0.1) is 48.3 Å². The van der Waals surface area contributed by atoms with Crippen molar-refractivity contribution < 1.29 is 23.4 Å². The Bertz CT molecular complexity index is 1250. The largest absolute Gasteiger partial charge is 0.500 e. The number of carbonyl (C=O) groups is 1. The van der Waals surface area contributed by atoms with Crippen LogP contribution in [-0.4, -0.2) is 56.7 Å². The van der Waals surface area contributed by atoms with Gasteiger partial charge in [0, 0.05) is 36.3 Å². The number of methoxy groups -OCH3 is 2. The minimum Gasteiger partial charge on any atom is -0.500 e. The first-order valence-electron chi connectivity index (χ1n) is 12.7. The second-order valence-corrected chi connectivity index (χ2v) is 11.0. The zero-order valence-electron chi connectivity index (χ0n) is 21.3. The third kappa shape index (κ3) is 5.40. The number of nitrogens with zero attached hydrogens (tertiary/aromatic N) is 2. The van der Waals surface area contributed by atoms with E-state index in [1.165, 1.54) is 19.4 Å². The molecule has 7 nitrogen and oxygen atoms in total. The summed E-state index contributed by atoms with van der Waals surface area (Å²) in [5, 5.41) is 9.79. The minimum atomic E-state index is -0.613. The van der Waals surface area contributed by atoms with Crippen molar-refractivity contribution in [2.24, 2.45) is 17.8 Å². The van der Waals surface area contributed by atoms with E-state index in [2.05, 4.69) is 9.72 Å². The fourth-order valence-electron chi connectivity index (χ4n) is 5.68. The Morgan fingerprint density at radius 1 is 1.13 bits per heavy atom. The number of nitrogens with one attached hydrogen (secondary N) is 1. The molecule has 38 heavy (non-hydrogen) atoms. The fourth-order valence-corrected chi connectivity index (χ4v) is 6.27. The van der Waals surface area contributed by atoms with E-state index in [0.29, 0.717) is 46.1 Å². The predicted octanol–water partition coefficient (Wildman–Crippen LogP) is 5.92. The van der Waals surface area contributed by atoms with Gasteiger partial charge in [0.15, 0.2) is 11.6 Å². The van der Waals surface area contributed by atoms with E-state index < -0.39 is 11.8 Å². The summed E-state index contributed by atoms with van der Waals surface area (Å²) in [5.74, 6) is 0.858. The highest BCUT2D eigenvalue weighted by Crippen LogP contribution is 2.43. The van der Waals surface area contributed by atoms with E-state index in [1.54, 1.807) is 25.3 Å². The van der Waals surface area contributed by atoms with Crippen LogP contribution in [0.15, 0.2) is 41.8 Å². The minimum absolute atomic E-state index is 0.0217. The van der Waals surface area contributed by atoms with Crippen LogP contribution in [0, 0.1) is 29.0 Å². The number of fused-ring (bicyclic) bond motifs is 1. The van der Waals surface area contributed by atoms with Gasteiger partial charge < -0.3 is 19.1 Å². The number of carbonyl (C=O) groups excluding carboxylic acids is 1. The molecule has 0 spiro atoms.